The highest BCUT2D eigenvalue weighted by Crippen LogP contribution is 2.13. The van der Waals surface area contributed by atoms with Crippen molar-refractivity contribution in [1.29, 1.82) is 0 Å². The zero-order chi connectivity index (χ0) is 12.7. The molecule has 1 N–H and O–H groups in total. The number of benzene rings is 1. The van der Waals surface area contributed by atoms with E-state index in [9.17, 15) is 5.11 Å². The van der Waals surface area contributed by atoms with E-state index >= 15 is 0 Å². The van der Waals surface area contributed by atoms with Crippen LogP contribution >= 0.6 is 0 Å². The molecule has 0 saturated heterocycles. The first-order valence-electron chi connectivity index (χ1n) is 6.10. The van der Waals surface area contributed by atoms with E-state index in [4.69, 9.17) is 4.74 Å². The highest BCUT2D eigenvalue weighted by atomic mass is 16.5. The topological polar surface area (TPSA) is 29.5 Å². The van der Waals surface area contributed by atoms with Gasteiger partial charge >= 0.3 is 0 Å². The molecule has 0 amide bonds. The lowest BCUT2D eigenvalue weighted by Crippen LogP contribution is -2.12. The van der Waals surface area contributed by atoms with E-state index in [-0.39, 0.29) is 6.10 Å². The van der Waals surface area contributed by atoms with E-state index in [1.165, 1.54) is 5.56 Å². The molecule has 2 heteroatoms. The molecule has 0 heterocycles. The van der Waals surface area contributed by atoms with Gasteiger partial charge in [-0.25, -0.2) is 0 Å². The third-order valence-electron chi connectivity index (χ3n) is 2.61. The lowest BCUT2D eigenvalue weighted by atomic mass is 10.1. The molecule has 1 aromatic rings. The van der Waals surface area contributed by atoms with Gasteiger partial charge < -0.3 is 9.84 Å². The van der Waals surface area contributed by atoms with Crippen LogP contribution in [0.3, 0.4) is 0 Å². The van der Waals surface area contributed by atoms with Crippen LogP contribution < -0.4 is 4.74 Å². The zero-order valence-electron chi connectivity index (χ0n) is 10.8. The van der Waals surface area contributed by atoms with Crippen molar-refractivity contribution in [3.8, 4) is 5.75 Å². The maximum Gasteiger partial charge on any atom is 0.119 e. The molecule has 0 bridgehead atoms. The number of allylic oxidation sites excluding steroid dienone is 1. The van der Waals surface area contributed by atoms with Crippen molar-refractivity contribution < 1.29 is 9.84 Å². The van der Waals surface area contributed by atoms with Gasteiger partial charge in [0.2, 0.25) is 0 Å². The number of rotatable bonds is 7. The smallest absolute Gasteiger partial charge is 0.119 e. The summed E-state index contributed by atoms with van der Waals surface area (Å²) in [5, 5.41) is 9.71. The molecular weight excluding hydrogens is 212 g/mol. The third-order valence-corrected chi connectivity index (χ3v) is 2.61. The van der Waals surface area contributed by atoms with E-state index in [0.717, 1.165) is 24.2 Å². The molecule has 0 spiro atoms. The predicted molar refractivity (Wildman–Crippen MR) is 71.3 cm³/mol. The Morgan fingerprint density at radius 1 is 1.41 bits per heavy atom. The second-order valence-electron chi connectivity index (χ2n) is 4.60. The van der Waals surface area contributed by atoms with Crippen molar-refractivity contribution in [1.82, 2.24) is 0 Å². The van der Waals surface area contributed by atoms with Crippen LogP contribution in [-0.4, -0.2) is 17.8 Å². The van der Waals surface area contributed by atoms with E-state index in [1.807, 2.05) is 38.1 Å². The molecule has 1 rings (SSSR count). The summed E-state index contributed by atoms with van der Waals surface area (Å²) < 4.78 is 5.58. The molecule has 0 radical (unpaired) electrons. The van der Waals surface area contributed by atoms with Crippen molar-refractivity contribution in [3.05, 3.63) is 42.0 Å². The number of aliphatic hydroxyl groups is 1. The minimum absolute atomic E-state index is 0.295. The summed E-state index contributed by atoms with van der Waals surface area (Å²) in [7, 11) is 0. The van der Waals surface area contributed by atoms with Crippen molar-refractivity contribution in [2.45, 2.75) is 39.2 Å². The summed E-state index contributed by atoms with van der Waals surface area (Å²) in [4.78, 5) is 0. The maximum absolute atomic E-state index is 9.71. The first kappa shape index (κ1) is 13.8. The van der Waals surface area contributed by atoms with Crippen LogP contribution in [0.5, 0.6) is 5.75 Å². The molecule has 1 unspecified atom stereocenters. The van der Waals surface area contributed by atoms with Gasteiger partial charge in [0.25, 0.3) is 0 Å². The lowest BCUT2D eigenvalue weighted by Gasteiger charge is -2.11. The van der Waals surface area contributed by atoms with Crippen LogP contribution in [0.4, 0.5) is 0 Å². The highest BCUT2D eigenvalue weighted by Gasteiger charge is 2.04. The second kappa shape index (κ2) is 7.13. The largest absolute Gasteiger partial charge is 0.493 e. The average molecular weight is 234 g/mol. The number of ether oxygens (including phenoxy) is 1. The van der Waals surface area contributed by atoms with E-state index in [0.29, 0.717) is 13.0 Å². The molecule has 17 heavy (non-hydrogen) atoms. The van der Waals surface area contributed by atoms with Gasteiger partial charge in [0.05, 0.1) is 12.7 Å². The Balaban J connectivity index is 2.21. The zero-order valence-corrected chi connectivity index (χ0v) is 10.8. The van der Waals surface area contributed by atoms with Gasteiger partial charge in [-0.05, 0) is 44.4 Å². The Labute approximate surface area is 104 Å². The van der Waals surface area contributed by atoms with Crippen LogP contribution in [0.25, 0.3) is 0 Å². The van der Waals surface area contributed by atoms with Gasteiger partial charge in [0.1, 0.15) is 5.75 Å². The summed E-state index contributed by atoms with van der Waals surface area (Å²) in [5.74, 6) is 0.872. The molecular formula is C15H22O2. The monoisotopic (exact) mass is 234 g/mol. The maximum atomic E-state index is 9.71. The highest BCUT2D eigenvalue weighted by molar-refractivity contribution is 5.27. The number of aliphatic hydroxyl groups excluding tert-OH is 1. The van der Waals surface area contributed by atoms with Gasteiger partial charge in [-0.1, -0.05) is 17.7 Å². The van der Waals surface area contributed by atoms with E-state index < -0.39 is 0 Å². The SMILES string of the molecule is C=C(C)CCC(O)CCOc1cccc(C)c1. The van der Waals surface area contributed by atoms with E-state index in [2.05, 4.69) is 6.58 Å². The Hall–Kier alpha value is -1.28. The van der Waals surface area contributed by atoms with Crippen LogP contribution in [-0.2, 0) is 0 Å². The van der Waals surface area contributed by atoms with Crippen LogP contribution in [0.15, 0.2) is 36.4 Å². The van der Waals surface area contributed by atoms with Crippen molar-refractivity contribution in [3.63, 3.8) is 0 Å². The Morgan fingerprint density at radius 3 is 2.82 bits per heavy atom. The van der Waals surface area contributed by atoms with Gasteiger partial charge in [-0.2, -0.15) is 0 Å². The fourth-order valence-corrected chi connectivity index (χ4v) is 1.58. The Kier molecular flexibility index (Phi) is 5.78. The summed E-state index contributed by atoms with van der Waals surface area (Å²) in [6, 6.07) is 7.95. The Morgan fingerprint density at radius 2 is 2.18 bits per heavy atom. The van der Waals surface area contributed by atoms with Gasteiger partial charge in [-0.15, -0.1) is 6.58 Å². The molecule has 1 atom stereocenters. The van der Waals surface area contributed by atoms with Crippen molar-refractivity contribution >= 4 is 0 Å². The third kappa shape index (κ3) is 6.12. The second-order valence-corrected chi connectivity index (χ2v) is 4.60. The molecule has 0 aliphatic carbocycles. The van der Waals surface area contributed by atoms with Crippen molar-refractivity contribution in [2.24, 2.45) is 0 Å². The van der Waals surface area contributed by atoms with Crippen molar-refractivity contribution in [2.75, 3.05) is 6.61 Å². The standard InChI is InChI=1S/C15H22O2/c1-12(2)7-8-14(16)9-10-17-15-6-4-5-13(3)11-15/h4-6,11,14,16H,1,7-10H2,2-3H3. The van der Waals surface area contributed by atoms with E-state index in [1.54, 1.807) is 0 Å². The number of aryl methyl sites for hydroxylation is 1. The lowest BCUT2D eigenvalue weighted by molar-refractivity contribution is 0.131. The minimum Gasteiger partial charge on any atom is -0.493 e. The first-order valence-corrected chi connectivity index (χ1v) is 6.10. The summed E-state index contributed by atoms with van der Waals surface area (Å²) in [6.45, 7) is 8.40. The molecule has 0 aliphatic rings. The molecule has 0 fully saturated rings. The predicted octanol–water partition coefficient (Wildman–Crippen LogP) is 3.48. The molecule has 94 valence electrons. The first-order chi connectivity index (χ1) is 8.08. The van der Waals surface area contributed by atoms with Crippen LogP contribution in [0.1, 0.15) is 31.7 Å². The fraction of sp³-hybridized carbons (Fsp3) is 0.467. The Bertz CT molecular complexity index is 358. The van der Waals surface area contributed by atoms with Crippen LogP contribution in [0.2, 0.25) is 0 Å². The molecule has 0 saturated carbocycles. The van der Waals surface area contributed by atoms with Crippen LogP contribution in [0, 0.1) is 6.92 Å². The van der Waals surface area contributed by atoms with Gasteiger partial charge in [0.15, 0.2) is 0 Å². The minimum atomic E-state index is -0.295. The quantitative estimate of drug-likeness (QED) is 0.732. The molecule has 0 aliphatic heterocycles. The van der Waals surface area contributed by atoms with Gasteiger partial charge in [0, 0.05) is 6.42 Å². The summed E-state index contributed by atoms with van der Waals surface area (Å²) >= 11 is 0. The average Bonchev–Trinajstić information content (AvgIpc) is 2.26. The summed E-state index contributed by atoms with van der Waals surface area (Å²) in [6.07, 6.45) is 2.02. The number of hydrogen-bond acceptors (Lipinski definition) is 2. The fourth-order valence-electron chi connectivity index (χ4n) is 1.58. The van der Waals surface area contributed by atoms with Gasteiger partial charge in [-0.3, -0.25) is 0 Å². The summed E-state index contributed by atoms with van der Waals surface area (Å²) in [5.41, 5.74) is 2.30. The molecule has 2 nitrogen and oxygen atoms in total. The normalized spacial score (nSPS) is 12.2. The molecule has 1 aromatic carbocycles. The molecule has 0 aromatic heterocycles. The number of hydrogen-bond donors (Lipinski definition) is 1.